The van der Waals surface area contributed by atoms with Crippen molar-refractivity contribution in [3.63, 3.8) is 0 Å². The van der Waals surface area contributed by atoms with Gasteiger partial charge in [0.15, 0.2) is 18.1 Å². The average molecular weight is 457 g/mol. The van der Waals surface area contributed by atoms with E-state index in [1.165, 1.54) is 32.4 Å². The Kier molecular flexibility index (Phi) is 7.82. The van der Waals surface area contributed by atoms with Crippen LogP contribution < -0.4 is 25.9 Å². The van der Waals surface area contributed by atoms with Gasteiger partial charge in [-0.15, -0.1) is 0 Å². The van der Waals surface area contributed by atoms with Gasteiger partial charge in [-0.2, -0.15) is 13.2 Å². The lowest BCUT2D eigenvalue weighted by atomic mass is 10.2. The van der Waals surface area contributed by atoms with E-state index in [4.69, 9.17) is 9.47 Å². The molecule has 2 rings (SSSR count). The van der Waals surface area contributed by atoms with Crippen LogP contribution in [0.3, 0.4) is 0 Å². The molecule has 0 saturated carbocycles. The first-order chi connectivity index (χ1) is 15.0. The zero-order valence-corrected chi connectivity index (χ0v) is 16.8. The molecule has 2 aromatic rings. The first-order valence-corrected chi connectivity index (χ1v) is 8.79. The summed E-state index contributed by atoms with van der Waals surface area (Å²) in [6, 6.07) is 5.50. The molecule has 13 heteroatoms. The van der Waals surface area contributed by atoms with E-state index in [1.54, 1.807) is 0 Å². The maximum absolute atomic E-state index is 12.7. The fourth-order valence-corrected chi connectivity index (χ4v) is 2.37. The number of rotatable bonds is 7. The molecule has 0 atom stereocenters. The highest BCUT2D eigenvalue weighted by Crippen LogP contribution is 2.28. The first-order valence-electron chi connectivity index (χ1n) is 8.79. The maximum atomic E-state index is 12.7. The highest BCUT2D eigenvalue weighted by molar-refractivity contribution is 5.96. The SMILES string of the molecule is COc1ccc(C(=O)NNC(=O)COC(=O)Cn2cc(C(F)(F)F)ccc2=O)cc1OC. The van der Waals surface area contributed by atoms with Crippen LogP contribution in [0.4, 0.5) is 13.2 Å². The van der Waals surface area contributed by atoms with E-state index in [2.05, 4.69) is 10.2 Å². The van der Waals surface area contributed by atoms with Crippen LogP contribution in [0.25, 0.3) is 0 Å². The number of carbonyl (C=O) groups excluding carboxylic acids is 3. The number of halogens is 3. The fourth-order valence-electron chi connectivity index (χ4n) is 2.37. The fraction of sp³-hybridized carbons (Fsp3) is 0.263. The van der Waals surface area contributed by atoms with Crippen molar-refractivity contribution in [2.75, 3.05) is 20.8 Å². The van der Waals surface area contributed by atoms with Gasteiger partial charge >= 0.3 is 12.1 Å². The summed E-state index contributed by atoms with van der Waals surface area (Å²) in [6.45, 7) is -1.69. The number of nitrogens with one attached hydrogen (secondary N) is 2. The Balaban J connectivity index is 1.86. The number of ether oxygens (including phenoxy) is 3. The van der Waals surface area contributed by atoms with Gasteiger partial charge < -0.3 is 18.8 Å². The Morgan fingerprint density at radius 2 is 1.69 bits per heavy atom. The second-order valence-electron chi connectivity index (χ2n) is 6.11. The standard InChI is InChI=1S/C19H18F3N3O7/c1-30-13-5-3-11(7-14(13)31-2)18(29)24-23-15(26)10-32-17(28)9-25-8-12(19(20,21)22)4-6-16(25)27/h3-8H,9-10H2,1-2H3,(H,23,26)(H,24,29). The number of alkyl halides is 3. The predicted molar refractivity (Wildman–Crippen MR) is 102 cm³/mol. The summed E-state index contributed by atoms with van der Waals surface area (Å²) in [5.74, 6) is -2.09. The Morgan fingerprint density at radius 3 is 2.31 bits per heavy atom. The summed E-state index contributed by atoms with van der Waals surface area (Å²) >= 11 is 0. The topological polar surface area (TPSA) is 125 Å². The Hall–Kier alpha value is -4.03. The van der Waals surface area contributed by atoms with Gasteiger partial charge in [-0.1, -0.05) is 0 Å². The highest BCUT2D eigenvalue weighted by Gasteiger charge is 2.31. The molecule has 1 heterocycles. The number of esters is 1. The number of pyridine rings is 1. The van der Waals surface area contributed by atoms with Crippen molar-refractivity contribution in [2.24, 2.45) is 0 Å². The molecule has 0 aliphatic carbocycles. The monoisotopic (exact) mass is 457 g/mol. The Labute approximate surface area is 178 Å². The van der Waals surface area contributed by atoms with Crippen molar-refractivity contribution in [1.82, 2.24) is 15.4 Å². The minimum Gasteiger partial charge on any atom is -0.493 e. The summed E-state index contributed by atoms with van der Waals surface area (Å²) in [5.41, 5.74) is 2.23. The van der Waals surface area contributed by atoms with E-state index in [0.717, 1.165) is 0 Å². The molecule has 1 aromatic heterocycles. The van der Waals surface area contributed by atoms with Crippen molar-refractivity contribution in [1.29, 1.82) is 0 Å². The lowest BCUT2D eigenvalue weighted by Gasteiger charge is -2.12. The summed E-state index contributed by atoms with van der Waals surface area (Å²) in [4.78, 5) is 47.2. The van der Waals surface area contributed by atoms with Gasteiger partial charge in [0.05, 0.1) is 19.8 Å². The Morgan fingerprint density at radius 1 is 1.00 bits per heavy atom. The molecule has 0 aliphatic heterocycles. The molecule has 0 aliphatic rings. The highest BCUT2D eigenvalue weighted by atomic mass is 19.4. The van der Waals surface area contributed by atoms with Crippen LogP contribution in [-0.4, -0.2) is 43.2 Å². The van der Waals surface area contributed by atoms with Crippen LogP contribution in [0.15, 0.2) is 41.3 Å². The third-order valence-electron chi connectivity index (χ3n) is 3.94. The van der Waals surface area contributed by atoms with Crippen molar-refractivity contribution in [3.05, 3.63) is 58.0 Å². The van der Waals surface area contributed by atoms with Crippen LogP contribution in [0.2, 0.25) is 0 Å². The molecule has 2 amide bonds. The number of amides is 2. The molecule has 0 fully saturated rings. The average Bonchev–Trinajstić information content (AvgIpc) is 2.76. The van der Waals surface area contributed by atoms with E-state index in [-0.39, 0.29) is 11.3 Å². The molecule has 1 aromatic carbocycles. The number of carbonyl (C=O) groups is 3. The third kappa shape index (κ3) is 6.48. The number of nitrogens with zero attached hydrogens (tertiary/aromatic N) is 1. The normalized spacial score (nSPS) is 10.8. The summed E-state index contributed by atoms with van der Waals surface area (Å²) < 4.78 is 53.4. The van der Waals surface area contributed by atoms with E-state index >= 15 is 0 Å². The largest absolute Gasteiger partial charge is 0.493 e. The molecular weight excluding hydrogens is 439 g/mol. The van der Waals surface area contributed by atoms with Crippen LogP contribution in [-0.2, 0) is 27.0 Å². The van der Waals surface area contributed by atoms with Crippen LogP contribution in [0, 0.1) is 0 Å². The Bertz CT molecular complexity index is 1070. The number of benzene rings is 1. The minimum absolute atomic E-state index is 0.129. The number of hydrogen-bond donors (Lipinski definition) is 2. The lowest BCUT2D eigenvalue weighted by molar-refractivity contribution is -0.149. The molecule has 2 N–H and O–H groups in total. The van der Waals surface area contributed by atoms with Crippen molar-refractivity contribution < 1.29 is 41.8 Å². The van der Waals surface area contributed by atoms with Crippen molar-refractivity contribution in [2.45, 2.75) is 12.7 Å². The molecule has 0 spiro atoms. The van der Waals surface area contributed by atoms with Gasteiger partial charge in [-0.3, -0.25) is 30.0 Å². The molecule has 0 bridgehead atoms. The lowest BCUT2D eigenvalue weighted by Crippen LogP contribution is -2.43. The summed E-state index contributed by atoms with van der Waals surface area (Å²) in [5, 5.41) is 0. The first kappa shape index (κ1) is 24.2. The second kappa shape index (κ2) is 10.3. The molecule has 0 radical (unpaired) electrons. The predicted octanol–water partition coefficient (Wildman–Crippen LogP) is 0.889. The molecule has 0 unspecified atom stereocenters. The molecular formula is C19H18F3N3O7. The smallest absolute Gasteiger partial charge is 0.417 e. The van der Waals surface area contributed by atoms with Crippen molar-refractivity contribution in [3.8, 4) is 11.5 Å². The van der Waals surface area contributed by atoms with E-state index in [0.29, 0.717) is 28.6 Å². The minimum atomic E-state index is -4.70. The van der Waals surface area contributed by atoms with E-state index in [9.17, 15) is 32.3 Å². The van der Waals surface area contributed by atoms with E-state index < -0.39 is 48.2 Å². The maximum Gasteiger partial charge on any atom is 0.417 e. The zero-order chi connectivity index (χ0) is 23.9. The second-order valence-corrected chi connectivity index (χ2v) is 6.11. The summed E-state index contributed by atoms with van der Waals surface area (Å²) in [7, 11) is 2.80. The molecule has 32 heavy (non-hydrogen) atoms. The number of hydrogen-bond acceptors (Lipinski definition) is 7. The van der Waals surface area contributed by atoms with Crippen LogP contribution in [0.1, 0.15) is 15.9 Å². The number of methoxy groups -OCH3 is 2. The van der Waals surface area contributed by atoms with Crippen LogP contribution in [0.5, 0.6) is 11.5 Å². The molecule has 10 nitrogen and oxygen atoms in total. The van der Waals surface area contributed by atoms with Crippen LogP contribution >= 0.6 is 0 Å². The molecule has 0 saturated heterocycles. The van der Waals surface area contributed by atoms with E-state index in [1.807, 2.05) is 5.43 Å². The quantitative estimate of drug-likeness (QED) is 0.467. The molecule has 172 valence electrons. The summed E-state index contributed by atoms with van der Waals surface area (Å²) in [6.07, 6.45) is -4.24. The third-order valence-corrected chi connectivity index (χ3v) is 3.94. The van der Waals surface area contributed by atoms with Gasteiger partial charge in [0.25, 0.3) is 17.4 Å². The van der Waals surface area contributed by atoms with Gasteiger partial charge in [-0.05, 0) is 24.3 Å². The van der Waals surface area contributed by atoms with Gasteiger partial charge in [0, 0.05) is 17.8 Å². The number of hydrazine groups is 1. The van der Waals surface area contributed by atoms with Crippen molar-refractivity contribution >= 4 is 17.8 Å². The zero-order valence-electron chi connectivity index (χ0n) is 16.8. The van der Waals surface area contributed by atoms with Gasteiger partial charge in [-0.25, -0.2) is 0 Å². The van der Waals surface area contributed by atoms with Gasteiger partial charge in [0.2, 0.25) is 0 Å². The van der Waals surface area contributed by atoms with Gasteiger partial charge in [0.1, 0.15) is 6.54 Å². The number of aromatic nitrogens is 1.